The van der Waals surface area contributed by atoms with Gasteiger partial charge >= 0.3 is 0 Å². The van der Waals surface area contributed by atoms with E-state index < -0.39 is 5.41 Å². The first kappa shape index (κ1) is 17.6. The third-order valence-electron chi connectivity index (χ3n) is 2.33. The molecule has 0 spiro atoms. The van der Waals surface area contributed by atoms with Crippen molar-refractivity contribution in [2.75, 3.05) is 0 Å². The molecule has 2 heterocycles. The summed E-state index contributed by atoms with van der Waals surface area (Å²) >= 11 is 9.92. The van der Waals surface area contributed by atoms with Crippen LogP contribution in [0.4, 0.5) is 0 Å². The molecule has 0 bridgehead atoms. The molecule has 3 nitrogen and oxygen atoms in total. The van der Waals surface area contributed by atoms with E-state index in [2.05, 4.69) is 61.2 Å². The van der Waals surface area contributed by atoms with Gasteiger partial charge < -0.3 is 0 Å². The number of rotatable bonds is 1. The Balaban J connectivity index is 0.000000217. The van der Waals surface area contributed by atoms with Crippen LogP contribution in [-0.2, 0) is 5.41 Å². The lowest BCUT2D eigenvalue weighted by Crippen LogP contribution is -2.15. The number of halogens is 3. The van der Waals surface area contributed by atoms with Gasteiger partial charge in [-0.15, -0.1) is 0 Å². The summed E-state index contributed by atoms with van der Waals surface area (Å²) in [5, 5.41) is 9.40. The largest absolute Gasteiger partial charge is 0.260 e. The maximum atomic E-state index is 8.85. The normalized spacial score (nSPS) is 10.2. The molecule has 0 radical (unpaired) electrons. The average Bonchev–Trinajstić information content (AvgIpc) is 2.39. The summed E-state index contributed by atoms with van der Waals surface area (Å²) in [4.78, 5) is 7.96. The minimum atomic E-state index is -0.485. The second-order valence-electron chi connectivity index (χ2n) is 4.39. The summed E-state index contributed by atoms with van der Waals surface area (Å²) < 4.78 is 2.23. The van der Waals surface area contributed by atoms with Gasteiger partial charge in [0.1, 0.15) is 5.15 Å². The molecule has 0 fully saturated rings. The van der Waals surface area contributed by atoms with Crippen LogP contribution in [0.25, 0.3) is 0 Å². The Bertz CT molecular complexity index is 607. The van der Waals surface area contributed by atoms with Crippen molar-refractivity contribution >= 4 is 56.8 Å². The highest BCUT2D eigenvalue weighted by molar-refractivity contribution is 14.1. The molecule has 0 aliphatic heterocycles. The number of nitrogens with zero attached hydrogens (tertiary/aromatic N) is 3. The van der Waals surface area contributed by atoms with E-state index in [1.807, 2.05) is 38.1 Å². The molecule has 0 aliphatic carbocycles. The van der Waals surface area contributed by atoms with Gasteiger partial charge in [-0.25, -0.2) is 4.98 Å². The summed E-state index contributed by atoms with van der Waals surface area (Å²) in [5.74, 6) is 0. The highest BCUT2D eigenvalue weighted by atomic mass is 127. The zero-order chi connectivity index (χ0) is 15.2. The molecule has 20 heavy (non-hydrogen) atoms. The Morgan fingerprint density at radius 1 is 1.10 bits per heavy atom. The summed E-state index contributed by atoms with van der Waals surface area (Å²) in [6.07, 6.45) is 3.42. The van der Waals surface area contributed by atoms with Crippen molar-refractivity contribution < 1.29 is 0 Å². The van der Waals surface area contributed by atoms with Gasteiger partial charge in [-0.3, -0.25) is 4.98 Å². The number of nitriles is 1. The van der Waals surface area contributed by atoms with Gasteiger partial charge in [0, 0.05) is 19.5 Å². The van der Waals surface area contributed by atoms with Gasteiger partial charge in [-0.05, 0) is 83.3 Å². The zero-order valence-electron chi connectivity index (χ0n) is 10.9. The van der Waals surface area contributed by atoms with Crippen molar-refractivity contribution in [3.8, 4) is 6.07 Å². The molecular formula is C14H12ClI2N3. The van der Waals surface area contributed by atoms with Crippen molar-refractivity contribution in [3.63, 3.8) is 0 Å². The predicted octanol–water partition coefficient (Wildman–Crippen LogP) is 4.83. The van der Waals surface area contributed by atoms with Crippen molar-refractivity contribution in [2.24, 2.45) is 0 Å². The lowest BCUT2D eigenvalue weighted by atomic mass is 9.91. The van der Waals surface area contributed by atoms with Crippen LogP contribution in [0.3, 0.4) is 0 Å². The minimum Gasteiger partial charge on any atom is -0.260 e. The van der Waals surface area contributed by atoms with Gasteiger partial charge in [-0.1, -0.05) is 11.6 Å². The second kappa shape index (κ2) is 8.10. The van der Waals surface area contributed by atoms with Crippen molar-refractivity contribution in [1.29, 1.82) is 5.26 Å². The quantitative estimate of drug-likeness (QED) is 0.407. The van der Waals surface area contributed by atoms with Gasteiger partial charge in [-0.2, -0.15) is 5.26 Å². The fourth-order valence-corrected chi connectivity index (χ4v) is 2.45. The summed E-state index contributed by atoms with van der Waals surface area (Å²) in [6, 6.07) is 9.77. The van der Waals surface area contributed by atoms with E-state index >= 15 is 0 Å². The molecule has 104 valence electrons. The molecule has 0 atom stereocenters. The Labute approximate surface area is 151 Å². The SMILES string of the molecule is CC(C)(C#N)c1cc(I)ccn1.Clc1cc(I)ccn1. The third kappa shape index (κ3) is 5.89. The van der Waals surface area contributed by atoms with Crippen molar-refractivity contribution in [2.45, 2.75) is 19.3 Å². The second-order valence-corrected chi connectivity index (χ2v) is 7.27. The Morgan fingerprint density at radius 2 is 1.65 bits per heavy atom. The number of hydrogen-bond donors (Lipinski definition) is 0. The lowest BCUT2D eigenvalue weighted by Gasteiger charge is -2.13. The minimum absolute atomic E-state index is 0.485. The highest BCUT2D eigenvalue weighted by Crippen LogP contribution is 2.20. The van der Waals surface area contributed by atoms with E-state index in [0.717, 1.165) is 12.8 Å². The maximum absolute atomic E-state index is 8.85. The topological polar surface area (TPSA) is 49.6 Å². The molecular weight excluding hydrogens is 499 g/mol. The van der Waals surface area contributed by atoms with E-state index in [1.54, 1.807) is 12.4 Å². The first-order valence-corrected chi connectivity index (χ1v) is 8.19. The van der Waals surface area contributed by atoms with E-state index in [-0.39, 0.29) is 0 Å². The molecule has 0 N–H and O–H groups in total. The molecule has 2 aromatic heterocycles. The van der Waals surface area contributed by atoms with Crippen LogP contribution >= 0.6 is 56.8 Å². The molecule has 0 saturated carbocycles. The molecule has 0 aromatic carbocycles. The standard InChI is InChI=1S/C9H9IN2.C5H3ClIN/c1-9(2,6-11)8-5-7(10)3-4-12-8;6-5-3-4(7)1-2-8-5/h3-5H,1-2H3;1-3H. The lowest BCUT2D eigenvalue weighted by molar-refractivity contribution is 0.659. The van der Waals surface area contributed by atoms with Crippen LogP contribution in [-0.4, -0.2) is 9.97 Å². The molecule has 2 rings (SSSR count). The first-order chi connectivity index (χ1) is 9.35. The van der Waals surface area contributed by atoms with Crippen LogP contribution in [0.15, 0.2) is 36.7 Å². The van der Waals surface area contributed by atoms with Crippen LogP contribution in [0, 0.1) is 18.5 Å². The molecule has 0 amide bonds. The van der Waals surface area contributed by atoms with Crippen molar-refractivity contribution in [1.82, 2.24) is 9.97 Å². The fourth-order valence-electron chi connectivity index (χ4n) is 1.18. The van der Waals surface area contributed by atoms with Gasteiger partial charge in [0.25, 0.3) is 0 Å². The Morgan fingerprint density at radius 3 is 2.05 bits per heavy atom. The van der Waals surface area contributed by atoms with Crippen LogP contribution in [0.1, 0.15) is 19.5 Å². The average molecular weight is 512 g/mol. The van der Waals surface area contributed by atoms with Crippen LogP contribution in [0.5, 0.6) is 0 Å². The van der Waals surface area contributed by atoms with Gasteiger partial charge in [0.05, 0.1) is 17.2 Å². The van der Waals surface area contributed by atoms with Crippen LogP contribution < -0.4 is 0 Å². The smallest absolute Gasteiger partial charge is 0.130 e. The number of hydrogen-bond acceptors (Lipinski definition) is 3. The Kier molecular flexibility index (Phi) is 7.12. The zero-order valence-corrected chi connectivity index (χ0v) is 16.0. The van der Waals surface area contributed by atoms with Gasteiger partial charge in [0.15, 0.2) is 0 Å². The summed E-state index contributed by atoms with van der Waals surface area (Å²) in [7, 11) is 0. The van der Waals surface area contributed by atoms with E-state index in [9.17, 15) is 0 Å². The maximum Gasteiger partial charge on any atom is 0.130 e. The number of aromatic nitrogens is 2. The summed E-state index contributed by atoms with van der Waals surface area (Å²) in [6.45, 7) is 3.73. The predicted molar refractivity (Wildman–Crippen MR) is 97.6 cm³/mol. The van der Waals surface area contributed by atoms with E-state index in [0.29, 0.717) is 5.15 Å². The van der Waals surface area contributed by atoms with Crippen LogP contribution in [0.2, 0.25) is 5.15 Å². The number of pyridine rings is 2. The first-order valence-electron chi connectivity index (χ1n) is 5.65. The van der Waals surface area contributed by atoms with Gasteiger partial charge in [0.2, 0.25) is 0 Å². The van der Waals surface area contributed by atoms with E-state index in [1.165, 1.54) is 0 Å². The molecule has 0 unspecified atom stereocenters. The van der Waals surface area contributed by atoms with E-state index in [4.69, 9.17) is 16.9 Å². The molecule has 0 aliphatic rings. The fraction of sp³-hybridized carbons (Fsp3) is 0.214. The monoisotopic (exact) mass is 511 g/mol. The van der Waals surface area contributed by atoms with Crippen molar-refractivity contribution in [3.05, 3.63) is 54.6 Å². The molecule has 2 aromatic rings. The Hall–Kier alpha value is -0.460. The molecule has 6 heteroatoms. The summed E-state index contributed by atoms with van der Waals surface area (Å²) in [5.41, 5.74) is 0.346. The molecule has 0 saturated heterocycles. The highest BCUT2D eigenvalue weighted by Gasteiger charge is 2.20. The third-order valence-corrected chi connectivity index (χ3v) is 3.88.